The number of fused-ring (bicyclic) bond motifs is 1. The van der Waals surface area contributed by atoms with E-state index < -0.39 is 0 Å². The molecule has 0 fully saturated rings. The van der Waals surface area contributed by atoms with Crippen molar-refractivity contribution in [3.8, 4) is 5.75 Å². The molecule has 1 heterocycles. The molecule has 0 atom stereocenters. The first-order valence-corrected chi connectivity index (χ1v) is 12.1. The van der Waals surface area contributed by atoms with Crippen LogP contribution >= 0.6 is 23.4 Å². The molecule has 0 saturated heterocycles. The van der Waals surface area contributed by atoms with Crippen LogP contribution in [0.2, 0.25) is 5.02 Å². The van der Waals surface area contributed by atoms with Gasteiger partial charge in [0, 0.05) is 16.3 Å². The second-order valence-electron chi connectivity index (χ2n) is 7.59. The quantitative estimate of drug-likeness (QED) is 0.179. The summed E-state index contributed by atoms with van der Waals surface area (Å²) < 4.78 is 7.88. The van der Waals surface area contributed by atoms with Crippen LogP contribution < -0.4 is 4.74 Å². The number of nitrogens with zero attached hydrogens (tertiary/aromatic N) is 4. The number of benzene rings is 4. The average Bonchev–Trinajstić information content (AvgIpc) is 3.34. The predicted molar refractivity (Wildman–Crippen MR) is 139 cm³/mol. The number of thioether (sulfide) groups is 1. The van der Waals surface area contributed by atoms with E-state index in [1.165, 1.54) is 0 Å². The molecule has 5 nitrogen and oxygen atoms in total. The summed E-state index contributed by atoms with van der Waals surface area (Å²) in [4.78, 5) is 0. The molecule has 0 spiro atoms. The number of ether oxygens (including phenoxy) is 1. The van der Waals surface area contributed by atoms with E-state index in [1.54, 1.807) is 22.8 Å². The molecule has 0 aliphatic heterocycles. The lowest BCUT2D eigenvalue weighted by Crippen LogP contribution is -2.00. The van der Waals surface area contributed by atoms with Crippen LogP contribution in [0.25, 0.3) is 10.8 Å². The Labute approximate surface area is 207 Å². The molecule has 0 saturated carbocycles. The van der Waals surface area contributed by atoms with Crippen molar-refractivity contribution in [3.05, 3.63) is 119 Å². The van der Waals surface area contributed by atoms with Gasteiger partial charge >= 0.3 is 0 Å². The summed E-state index contributed by atoms with van der Waals surface area (Å²) in [6, 6.07) is 30.2. The number of hydrogen-bond donors (Lipinski definition) is 0. The zero-order valence-electron chi connectivity index (χ0n) is 18.2. The molecule has 4 aromatic carbocycles. The van der Waals surface area contributed by atoms with E-state index in [9.17, 15) is 0 Å². The van der Waals surface area contributed by atoms with E-state index in [0.717, 1.165) is 44.0 Å². The molecule has 0 aliphatic carbocycles. The fraction of sp³-hybridized carbons (Fsp3) is 0.0741. The van der Waals surface area contributed by atoms with Gasteiger partial charge in [-0.25, -0.2) is 0 Å². The maximum absolute atomic E-state index is 6.20. The topological polar surface area (TPSA) is 52.3 Å². The van der Waals surface area contributed by atoms with Gasteiger partial charge in [-0.15, -0.1) is 10.2 Å². The Morgan fingerprint density at radius 3 is 2.53 bits per heavy atom. The summed E-state index contributed by atoms with van der Waals surface area (Å²) in [6.07, 6.45) is 3.43. The zero-order chi connectivity index (χ0) is 23.2. The Hall–Kier alpha value is -3.61. The van der Waals surface area contributed by atoms with E-state index in [4.69, 9.17) is 16.3 Å². The Morgan fingerprint density at radius 2 is 1.68 bits per heavy atom. The first-order valence-electron chi connectivity index (χ1n) is 10.8. The molecule has 0 N–H and O–H groups in total. The van der Waals surface area contributed by atoms with E-state index >= 15 is 0 Å². The van der Waals surface area contributed by atoms with Crippen molar-refractivity contribution in [1.29, 1.82) is 0 Å². The Balaban J connectivity index is 1.40. The molecule has 0 aliphatic rings. The predicted octanol–water partition coefficient (Wildman–Crippen LogP) is 6.84. The highest BCUT2D eigenvalue weighted by molar-refractivity contribution is 7.98. The number of aromatic nitrogens is 3. The molecule has 34 heavy (non-hydrogen) atoms. The normalized spacial score (nSPS) is 11.3. The Kier molecular flexibility index (Phi) is 6.89. The Morgan fingerprint density at radius 1 is 0.882 bits per heavy atom. The number of halogens is 1. The van der Waals surface area contributed by atoms with Crippen LogP contribution in [0.1, 0.15) is 16.7 Å². The second kappa shape index (κ2) is 10.5. The lowest BCUT2D eigenvalue weighted by atomic mass is 10.0. The van der Waals surface area contributed by atoms with Crippen molar-refractivity contribution >= 4 is 40.3 Å². The summed E-state index contributed by atoms with van der Waals surface area (Å²) in [5, 5.41) is 16.6. The van der Waals surface area contributed by atoms with Crippen LogP contribution in [-0.4, -0.2) is 21.1 Å². The minimum absolute atomic E-state index is 0.481. The van der Waals surface area contributed by atoms with Crippen molar-refractivity contribution in [2.75, 3.05) is 0 Å². The molecule has 0 unspecified atom stereocenters. The second-order valence-corrected chi connectivity index (χ2v) is 8.97. The summed E-state index contributed by atoms with van der Waals surface area (Å²) >= 11 is 7.55. The minimum atomic E-state index is 0.481. The van der Waals surface area contributed by atoms with Gasteiger partial charge in [-0.1, -0.05) is 96.2 Å². The highest BCUT2D eigenvalue weighted by Crippen LogP contribution is 2.28. The summed E-state index contributed by atoms with van der Waals surface area (Å²) in [5.41, 5.74) is 3.17. The minimum Gasteiger partial charge on any atom is -0.488 e. The number of hydrogen-bond acceptors (Lipinski definition) is 5. The van der Waals surface area contributed by atoms with Gasteiger partial charge < -0.3 is 4.74 Å². The van der Waals surface area contributed by atoms with Gasteiger partial charge in [-0.05, 0) is 40.1 Å². The largest absolute Gasteiger partial charge is 0.488 e. The van der Waals surface area contributed by atoms with Crippen molar-refractivity contribution in [1.82, 2.24) is 14.9 Å². The van der Waals surface area contributed by atoms with Gasteiger partial charge in [0.2, 0.25) is 5.16 Å². The summed E-state index contributed by atoms with van der Waals surface area (Å²) in [7, 11) is 0. The van der Waals surface area contributed by atoms with Gasteiger partial charge in [0.25, 0.3) is 0 Å². The van der Waals surface area contributed by atoms with Gasteiger partial charge in [-0.2, -0.15) is 9.78 Å². The Bertz CT molecular complexity index is 1420. The lowest BCUT2D eigenvalue weighted by molar-refractivity contribution is 0.306. The lowest BCUT2D eigenvalue weighted by Gasteiger charge is -2.12. The molecule has 0 bridgehead atoms. The molecular weight excluding hydrogens is 464 g/mol. The molecule has 5 aromatic rings. The maximum atomic E-state index is 6.20. The van der Waals surface area contributed by atoms with Gasteiger partial charge in [-0.3, -0.25) is 0 Å². The summed E-state index contributed by atoms with van der Waals surface area (Å²) in [6.45, 7) is 0.481. The van der Waals surface area contributed by atoms with Crippen molar-refractivity contribution < 1.29 is 4.74 Å². The van der Waals surface area contributed by atoms with Crippen molar-refractivity contribution in [2.45, 2.75) is 17.5 Å². The van der Waals surface area contributed by atoms with Gasteiger partial charge in [0.15, 0.2) is 0 Å². The van der Waals surface area contributed by atoms with Crippen LogP contribution in [0.4, 0.5) is 0 Å². The molecule has 5 rings (SSSR count). The molecule has 1 aromatic heterocycles. The maximum Gasteiger partial charge on any atom is 0.212 e. The molecular formula is C27H21ClN4OS. The van der Waals surface area contributed by atoms with E-state index in [2.05, 4.69) is 45.6 Å². The number of rotatable bonds is 8. The first-order chi connectivity index (χ1) is 16.8. The van der Waals surface area contributed by atoms with Crippen LogP contribution in [0, 0.1) is 0 Å². The highest BCUT2D eigenvalue weighted by atomic mass is 35.5. The third-order valence-corrected chi connectivity index (χ3v) is 6.52. The van der Waals surface area contributed by atoms with Gasteiger partial charge in [0.05, 0.1) is 6.21 Å². The smallest absolute Gasteiger partial charge is 0.212 e. The van der Waals surface area contributed by atoms with Crippen LogP contribution in [0.3, 0.4) is 0 Å². The fourth-order valence-corrected chi connectivity index (χ4v) is 4.46. The van der Waals surface area contributed by atoms with E-state index in [0.29, 0.717) is 11.8 Å². The average molecular weight is 485 g/mol. The van der Waals surface area contributed by atoms with Crippen LogP contribution in [-0.2, 0) is 12.4 Å². The fourth-order valence-electron chi connectivity index (χ4n) is 3.51. The van der Waals surface area contributed by atoms with E-state index in [-0.39, 0.29) is 0 Å². The molecule has 0 amide bonds. The molecule has 7 heteroatoms. The zero-order valence-corrected chi connectivity index (χ0v) is 19.8. The van der Waals surface area contributed by atoms with Crippen LogP contribution in [0.5, 0.6) is 5.75 Å². The van der Waals surface area contributed by atoms with Crippen LogP contribution in [0.15, 0.2) is 108 Å². The SMILES string of the molecule is Clc1ccc(CSc2nncn2/N=C/c2c(OCc3ccccc3)ccc3ccccc23)cc1. The van der Waals surface area contributed by atoms with Crippen molar-refractivity contribution in [3.63, 3.8) is 0 Å². The summed E-state index contributed by atoms with van der Waals surface area (Å²) in [5.74, 6) is 1.51. The first kappa shape index (κ1) is 22.2. The molecule has 0 radical (unpaired) electrons. The van der Waals surface area contributed by atoms with Crippen molar-refractivity contribution in [2.24, 2.45) is 5.10 Å². The highest BCUT2D eigenvalue weighted by Gasteiger charge is 2.09. The third kappa shape index (κ3) is 5.30. The standard InChI is InChI=1S/C27H21ClN4OS/c28-23-13-10-21(11-14-23)18-34-27-31-29-19-32(27)30-16-25-24-9-5-4-8-22(24)12-15-26(25)33-17-20-6-2-1-3-7-20/h1-16,19H,17-18H2/b30-16+. The van der Waals surface area contributed by atoms with Gasteiger partial charge in [0.1, 0.15) is 18.7 Å². The monoisotopic (exact) mass is 484 g/mol. The third-order valence-electron chi connectivity index (χ3n) is 5.26. The van der Waals surface area contributed by atoms with E-state index in [1.807, 2.05) is 66.9 Å². The molecule has 168 valence electrons.